The minimum absolute atomic E-state index is 0.276. The lowest BCUT2D eigenvalue weighted by molar-refractivity contribution is 0.0695. The van der Waals surface area contributed by atoms with Crippen LogP contribution < -0.4 is 4.90 Å². The van der Waals surface area contributed by atoms with Crippen molar-refractivity contribution >= 4 is 11.8 Å². The molecule has 1 aromatic heterocycles. The molecule has 1 atom stereocenters. The van der Waals surface area contributed by atoms with Gasteiger partial charge in [0.05, 0.1) is 11.3 Å². The third kappa shape index (κ3) is 3.45. The zero-order valence-corrected chi connectivity index (χ0v) is 11.6. The van der Waals surface area contributed by atoms with Crippen LogP contribution in [0.3, 0.4) is 0 Å². The first-order valence-corrected chi connectivity index (χ1v) is 6.45. The fourth-order valence-electron chi connectivity index (χ4n) is 1.84. The number of hydrogen-bond acceptors (Lipinski definition) is 3. The van der Waals surface area contributed by atoms with E-state index >= 15 is 0 Å². The van der Waals surface area contributed by atoms with Crippen LogP contribution in [0.2, 0.25) is 0 Å². The molecule has 0 aromatic carbocycles. The molecule has 18 heavy (non-hydrogen) atoms. The Kier molecular flexibility index (Phi) is 5.13. The Labute approximate surface area is 109 Å². The van der Waals surface area contributed by atoms with Crippen LogP contribution >= 0.6 is 0 Å². The molecule has 0 saturated heterocycles. The van der Waals surface area contributed by atoms with Gasteiger partial charge >= 0.3 is 5.97 Å². The lowest BCUT2D eigenvalue weighted by Gasteiger charge is -2.25. The van der Waals surface area contributed by atoms with E-state index in [-0.39, 0.29) is 5.56 Å². The molecule has 0 amide bonds. The molecule has 4 heteroatoms. The first-order chi connectivity index (χ1) is 8.49. The molecule has 0 saturated carbocycles. The van der Waals surface area contributed by atoms with Crippen LogP contribution in [-0.4, -0.2) is 29.1 Å². The number of carboxylic acids is 1. The fourth-order valence-corrected chi connectivity index (χ4v) is 1.84. The average molecular weight is 250 g/mol. The molecule has 0 radical (unpaired) electrons. The van der Waals surface area contributed by atoms with Gasteiger partial charge in [-0.2, -0.15) is 0 Å². The number of nitrogens with zero attached hydrogens (tertiary/aromatic N) is 2. The maximum absolute atomic E-state index is 10.9. The second-order valence-electron chi connectivity index (χ2n) is 4.66. The van der Waals surface area contributed by atoms with Gasteiger partial charge in [-0.05, 0) is 31.9 Å². The lowest BCUT2D eigenvalue weighted by Crippen LogP contribution is -2.29. The highest BCUT2D eigenvalue weighted by molar-refractivity contribution is 5.89. The van der Waals surface area contributed by atoms with Gasteiger partial charge in [-0.15, -0.1) is 0 Å². The van der Waals surface area contributed by atoms with Gasteiger partial charge in [0.1, 0.15) is 5.82 Å². The van der Waals surface area contributed by atoms with Crippen molar-refractivity contribution in [3.63, 3.8) is 0 Å². The molecule has 1 heterocycles. The number of aryl methyl sites for hydroxylation is 1. The zero-order chi connectivity index (χ0) is 13.7. The van der Waals surface area contributed by atoms with Gasteiger partial charge in [0.15, 0.2) is 0 Å². The number of aromatic nitrogens is 1. The van der Waals surface area contributed by atoms with Gasteiger partial charge < -0.3 is 10.0 Å². The van der Waals surface area contributed by atoms with E-state index in [1.807, 2.05) is 0 Å². The van der Waals surface area contributed by atoms with Gasteiger partial charge in [-0.3, -0.25) is 0 Å². The molecule has 0 aliphatic rings. The number of rotatable bonds is 6. The van der Waals surface area contributed by atoms with Crippen molar-refractivity contribution in [2.45, 2.75) is 34.1 Å². The summed E-state index contributed by atoms with van der Waals surface area (Å²) < 4.78 is 0. The van der Waals surface area contributed by atoms with Crippen molar-refractivity contribution in [2.75, 3.05) is 18.0 Å². The van der Waals surface area contributed by atoms with Gasteiger partial charge in [-0.1, -0.05) is 20.3 Å². The molecule has 1 unspecified atom stereocenters. The van der Waals surface area contributed by atoms with Crippen LogP contribution in [0.1, 0.15) is 43.2 Å². The van der Waals surface area contributed by atoms with Gasteiger partial charge in [0, 0.05) is 13.1 Å². The third-order valence-electron chi connectivity index (χ3n) is 3.24. The van der Waals surface area contributed by atoms with Crippen molar-refractivity contribution in [2.24, 2.45) is 5.92 Å². The van der Waals surface area contributed by atoms with Gasteiger partial charge in [0.2, 0.25) is 0 Å². The van der Waals surface area contributed by atoms with Crippen molar-refractivity contribution in [3.05, 3.63) is 23.4 Å². The largest absolute Gasteiger partial charge is 0.478 e. The second-order valence-corrected chi connectivity index (χ2v) is 4.66. The monoisotopic (exact) mass is 250 g/mol. The molecular weight excluding hydrogens is 228 g/mol. The maximum atomic E-state index is 10.9. The number of hydrogen-bond donors (Lipinski definition) is 1. The highest BCUT2D eigenvalue weighted by Gasteiger charge is 2.13. The molecule has 100 valence electrons. The number of aromatic carboxylic acids is 1. The topological polar surface area (TPSA) is 53.4 Å². The molecule has 0 aliphatic heterocycles. The molecule has 4 nitrogen and oxygen atoms in total. The molecule has 0 bridgehead atoms. The van der Waals surface area contributed by atoms with Crippen molar-refractivity contribution in [1.29, 1.82) is 0 Å². The Bertz CT molecular complexity index is 418. The van der Waals surface area contributed by atoms with Crippen molar-refractivity contribution < 1.29 is 9.90 Å². The summed E-state index contributed by atoms with van der Waals surface area (Å²) in [5, 5.41) is 8.98. The number of carboxylic acid groups (broad SMARTS) is 1. The summed E-state index contributed by atoms with van der Waals surface area (Å²) in [4.78, 5) is 17.5. The summed E-state index contributed by atoms with van der Waals surface area (Å²) in [6.07, 6.45) is 1.13. The van der Waals surface area contributed by atoms with E-state index < -0.39 is 5.97 Å². The Hall–Kier alpha value is -1.58. The smallest absolute Gasteiger partial charge is 0.337 e. The maximum Gasteiger partial charge on any atom is 0.337 e. The minimum Gasteiger partial charge on any atom is -0.478 e. The highest BCUT2D eigenvalue weighted by Crippen LogP contribution is 2.17. The Balaban J connectivity index is 2.94. The van der Waals surface area contributed by atoms with Crippen LogP contribution in [-0.2, 0) is 0 Å². The van der Waals surface area contributed by atoms with E-state index in [1.165, 1.54) is 0 Å². The molecule has 1 rings (SSSR count). The summed E-state index contributed by atoms with van der Waals surface area (Å²) in [5.41, 5.74) is 0.848. The fraction of sp³-hybridized carbons (Fsp3) is 0.571. The summed E-state index contributed by atoms with van der Waals surface area (Å²) >= 11 is 0. The molecular formula is C14H22N2O2. The van der Waals surface area contributed by atoms with E-state index in [0.29, 0.717) is 11.6 Å². The Morgan fingerprint density at radius 2 is 2.11 bits per heavy atom. The molecule has 0 fully saturated rings. The summed E-state index contributed by atoms with van der Waals surface area (Å²) in [7, 11) is 0. The van der Waals surface area contributed by atoms with E-state index in [2.05, 4.69) is 30.7 Å². The average Bonchev–Trinajstić information content (AvgIpc) is 2.34. The summed E-state index contributed by atoms with van der Waals surface area (Å²) in [6, 6.07) is 3.43. The van der Waals surface area contributed by atoms with E-state index in [1.54, 1.807) is 19.1 Å². The van der Waals surface area contributed by atoms with E-state index in [4.69, 9.17) is 5.11 Å². The number of carbonyl (C=O) groups is 1. The summed E-state index contributed by atoms with van der Waals surface area (Å²) in [6.45, 7) is 10.0. The van der Waals surface area contributed by atoms with Crippen LogP contribution in [0.5, 0.6) is 0 Å². The zero-order valence-electron chi connectivity index (χ0n) is 11.6. The van der Waals surface area contributed by atoms with Crippen molar-refractivity contribution in [1.82, 2.24) is 4.98 Å². The Morgan fingerprint density at radius 3 is 2.56 bits per heavy atom. The Morgan fingerprint density at radius 1 is 1.44 bits per heavy atom. The summed E-state index contributed by atoms with van der Waals surface area (Å²) in [5.74, 6) is 0.544. The number of pyridine rings is 1. The van der Waals surface area contributed by atoms with E-state index in [9.17, 15) is 4.79 Å². The van der Waals surface area contributed by atoms with Crippen molar-refractivity contribution in [3.8, 4) is 0 Å². The second kappa shape index (κ2) is 6.38. The van der Waals surface area contributed by atoms with Gasteiger partial charge in [0.25, 0.3) is 0 Å². The van der Waals surface area contributed by atoms with Gasteiger partial charge in [-0.25, -0.2) is 9.78 Å². The van der Waals surface area contributed by atoms with Crippen LogP contribution in [0, 0.1) is 12.8 Å². The quantitative estimate of drug-likeness (QED) is 0.843. The predicted octanol–water partition coefficient (Wildman–Crippen LogP) is 2.96. The highest BCUT2D eigenvalue weighted by atomic mass is 16.4. The first kappa shape index (κ1) is 14.5. The van der Waals surface area contributed by atoms with Crippen LogP contribution in [0.25, 0.3) is 0 Å². The number of anilines is 1. The van der Waals surface area contributed by atoms with E-state index in [0.717, 1.165) is 25.3 Å². The third-order valence-corrected chi connectivity index (χ3v) is 3.24. The van der Waals surface area contributed by atoms with Crippen LogP contribution in [0.4, 0.5) is 5.82 Å². The normalized spacial score (nSPS) is 12.2. The molecule has 1 N–H and O–H groups in total. The molecule has 0 spiro atoms. The standard InChI is InChI=1S/C14H22N2O2/c1-5-10(3)9-16(6-2)13-8-7-12(14(17)18)11(4)15-13/h7-8,10H,5-6,9H2,1-4H3,(H,17,18). The predicted molar refractivity (Wildman–Crippen MR) is 73.3 cm³/mol. The molecule has 1 aromatic rings. The van der Waals surface area contributed by atoms with Crippen LogP contribution in [0.15, 0.2) is 12.1 Å². The first-order valence-electron chi connectivity index (χ1n) is 6.45. The lowest BCUT2D eigenvalue weighted by atomic mass is 10.1. The molecule has 0 aliphatic carbocycles. The minimum atomic E-state index is -0.920. The SMILES string of the molecule is CCC(C)CN(CC)c1ccc(C(=O)O)c(C)n1.